The molecule has 90 valence electrons. The van der Waals surface area contributed by atoms with E-state index in [0.29, 0.717) is 10.2 Å². The lowest BCUT2D eigenvalue weighted by Crippen LogP contribution is -2.09. The van der Waals surface area contributed by atoms with Crippen molar-refractivity contribution in [2.75, 3.05) is 5.73 Å². The molecule has 0 saturated heterocycles. The van der Waals surface area contributed by atoms with Gasteiger partial charge in [0, 0.05) is 0 Å². The summed E-state index contributed by atoms with van der Waals surface area (Å²) in [6.45, 7) is 0. The number of H-pyrrole nitrogens is 1. The Kier molecular flexibility index (Phi) is 2.68. The van der Waals surface area contributed by atoms with Gasteiger partial charge >= 0.3 is 0 Å². The maximum Gasteiger partial charge on any atom is 0.262 e. The van der Waals surface area contributed by atoms with Gasteiger partial charge in [0.2, 0.25) is 5.95 Å². The van der Waals surface area contributed by atoms with Gasteiger partial charge in [0.05, 0.1) is 14.7 Å². The van der Waals surface area contributed by atoms with E-state index in [9.17, 15) is 4.79 Å². The summed E-state index contributed by atoms with van der Waals surface area (Å²) in [6.07, 6.45) is 0. The molecule has 0 fully saturated rings. The van der Waals surface area contributed by atoms with Gasteiger partial charge in [-0.05, 0) is 21.5 Å². The van der Waals surface area contributed by atoms with E-state index in [1.54, 1.807) is 0 Å². The highest BCUT2D eigenvalue weighted by molar-refractivity contribution is 9.10. The van der Waals surface area contributed by atoms with Crippen LogP contribution in [0, 0.1) is 0 Å². The van der Waals surface area contributed by atoms with Crippen molar-refractivity contribution in [1.29, 1.82) is 0 Å². The minimum atomic E-state index is -0.220. The molecule has 4 nitrogen and oxygen atoms in total. The standard InChI is InChI=1S/C12H8BrN3OS/c13-8-7-10(17)15-12(14)16-11(7)18-9(8)6-4-2-1-3-5-6/h1-5H,(H3,14,15,16,17). The van der Waals surface area contributed by atoms with E-state index < -0.39 is 0 Å². The second-order valence-corrected chi connectivity index (χ2v) is 5.53. The highest BCUT2D eigenvalue weighted by atomic mass is 79.9. The fourth-order valence-electron chi connectivity index (χ4n) is 1.77. The Hall–Kier alpha value is -1.66. The third-order valence-corrected chi connectivity index (χ3v) is 4.75. The number of hydrogen-bond acceptors (Lipinski definition) is 4. The Morgan fingerprint density at radius 3 is 2.72 bits per heavy atom. The predicted molar refractivity (Wildman–Crippen MR) is 77.8 cm³/mol. The zero-order valence-electron chi connectivity index (χ0n) is 9.11. The quantitative estimate of drug-likeness (QED) is 0.723. The Bertz CT molecular complexity index is 779. The number of aromatic amines is 1. The van der Waals surface area contributed by atoms with Crippen molar-refractivity contribution in [2.45, 2.75) is 0 Å². The van der Waals surface area contributed by atoms with Crippen molar-refractivity contribution >= 4 is 43.4 Å². The molecule has 0 amide bonds. The summed E-state index contributed by atoms with van der Waals surface area (Å²) in [5.74, 6) is 0.140. The normalized spacial score (nSPS) is 10.9. The van der Waals surface area contributed by atoms with Crippen molar-refractivity contribution in [3.05, 3.63) is 45.2 Å². The lowest BCUT2D eigenvalue weighted by Gasteiger charge is -1.96. The second kappa shape index (κ2) is 4.22. The van der Waals surface area contributed by atoms with Gasteiger partial charge < -0.3 is 5.73 Å². The molecule has 0 atom stereocenters. The Labute approximate surface area is 115 Å². The van der Waals surface area contributed by atoms with E-state index in [0.717, 1.165) is 14.9 Å². The molecule has 0 aliphatic rings. The number of fused-ring (bicyclic) bond motifs is 1. The van der Waals surface area contributed by atoms with E-state index >= 15 is 0 Å². The molecule has 0 aliphatic carbocycles. The summed E-state index contributed by atoms with van der Waals surface area (Å²) in [7, 11) is 0. The van der Waals surface area contributed by atoms with Crippen LogP contribution >= 0.6 is 27.3 Å². The van der Waals surface area contributed by atoms with E-state index in [1.165, 1.54) is 11.3 Å². The average Bonchev–Trinajstić information content (AvgIpc) is 2.67. The molecule has 0 radical (unpaired) electrons. The first-order valence-electron chi connectivity index (χ1n) is 5.20. The molecular weight excluding hydrogens is 314 g/mol. The number of anilines is 1. The van der Waals surface area contributed by atoms with Crippen LogP contribution in [0.4, 0.5) is 5.95 Å². The lowest BCUT2D eigenvalue weighted by molar-refractivity contribution is 1.20. The van der Waals surface area contributed by atoms with Gasteiger partial charge in [0.15, 0.2) is 0 Å². The lowest BCUT2D eigenvalue weighted by atomic mass is 10.2. The van der Waals surface area contributed by atoms with Crippen molar-refractivity contribution < 1.29 is 0 Å². The first kappa shape index (κ1) is 11.4. The van der Waals surface area contributed by atoms with Gasteiger partial charge in [-0.15, -0.1) is 11.3 Å². The van der Waals surface area contributed by atoms with Crippen molar-refractivity contribution in [3.63, 3.8) is 0 Å². The van der Waals surface area contributed by atoms with Crippen molar-refractivity contribution in [1.82, 2.24) is 9.97 Å². The van der Waals surface area contributed by atoms with Crippen LogP contribution in [0.3, 0.4) is 0 Å². The molecular formula is C12H8BrN3OS. The summed E-state index contributed by atoms with van der Waals surface area (Å²) < 4.78 is 0.766. The zero-order chi connectivity index (χ0) is 12.7. The predicted octanol–water partition coefficient (Wildman–Crippen LogP) is 3.00. The third-order valence-electron chi connectivity index (χ3n) is 2.56. The van der Waals surface area contributed by atoms with Crippen LogP contribution in [-0.4, -0.2) is 9.97 Å². The molecule has 2 heterocycles. The van der Waals surface area contributed by atoms with Crippen LogP contribution in [0.25, 0.3) is 20.7 Å². The minimum absolute atomic E-state index is 0.140. The molecule has 3 rings (SSSR count). The summed E-state index contributed by atoms with van der Waals surface area (Å²) in [4.78, 5) is 20.1. The molecule has 18 heavy (non-hydrogen) atoms. The maximum absolute atomic E-state index is 11.9. The molecule has 3 aromatic rings. The molecule has 0 unspecified atom stereocenters. The monoisotopic (exact) mass is 321 g/mol. The number of rotatable bonds is 1. The molecule has 2 aromatic heterocycles. The molecule has 0 aliphatic heterocycles. The summed E-state index contributed by atoms with van der Waals surface area (Å²) >= 11 is 4.92. The Morgan fingerprint density at radius 2 is 2.00 bits per heavy atom. The van der Waals surface area contributed by atoms with Crippen LogP contribution in [0.5, 0.6) is 0 Å². The summed E-state index contributed by atoms with van der Waals surface area (Å²) in [6, 6.07) is 9.85. The maximum atomic E-state index is 11.9. The summed E-state index contributed by atoms with van der Waals surface area (Å²) in [5, 5.41) is 0.549. The number of benzene rings is 1. The van der Waals surface area contributed by atoms with Gasteiger partial charge in [-0.3, -0.25) is 9.78 Å². The van der Waals surface area contributed by atoms with Gasteiger partial charge in [0.25, 0.3) is 5.56 Å². The van der Waals surface area contributed by atoms with Crippen LogP contribution in [0.1, 0.15) is 0 Å². The Morgan fingerprint density at radius 1 is 1.28 bits per heavy atom. The fourth-order valence-corrected chi connectivity index (χ4v) is 3.82. The third kappa shape index (κ3) is 1.74. The number of nitrogens with zero attached hydrogens (tertiary/aromatic N) is 1. The zero-order valence-corrected chi connectivity index (χ0v) is 11.5. The minimum Gasteiger partial charge on any atom is -0.369 e. The van der Waals surface area contributed by atoms with Gasteiger partial charge in [-0.2, -0.15) is 0 Å². The first-order valence-corrected chi connectivity index (χ1v) is 6.81. The largest absolute Gasteiger partial charge is 0.369 e. The topological polar surface area (TPSA) is 71.8 Å². The van der Waals surface area contributed by atoms with Gasteiger partial charge in [0.1, 0.15) is 4.83 Å². The number of nitrogens with one attached hydrogen (secondary N) is 1. The number of nitrogen functional groups attached to an aromatic ring is 1. The second-order valence-electron chi connectivity index (χ2n) is 3.74. The molecule has 0 bridgehead atoms. The van der Waals surface area contributed by atoms with Crippen molar-refractivity contribution in [2.24, 2.45) is 0 Å². The van der Waals surface area contributed by atoms with Gasteiger partial charge in [-0.25, -0.2) is 4.98 Å². The van der Waals surface area contributed by atoms with Gasteiger partial charge in [-0.1, -0.05) is 30.3 Å². The SMILES string of the molecule is Nc1nc2sc(-c3ccccc3)c(Br)c2c(=O)[nH]1. The highest BCUT2D eigenvalue weighted by Gasteiger charge is 2.15. The number of halogens is 1. The summed E-state index contributed by atoms with van der Waals surface area (Å²) in [5.41, 5.74) is 6.37. The van der Waals surface area contributed by atoms with Crippen LogP contribution in [0.2, 0.25) is 0 Å². The van der Waals surface area contributed by atoms with E-state index in [-0.39, 0.29) is 11.5 Å². The van der Waals surface area contributed by atoms with E-state index in [2.05, 4.69) is 25.9 Å². The average molecular weight is 322 g/mol. The smallest absolute Gasteiger partial charge is 0.262 e. The number of aromatic nitrogens is 2. The van der Waals surface area contributed by atoms with Crippen LogP contribution in [0.15, 0.2) is 39.6 Å². The molecule has 3 N–H and O–H groups in total. The van der Waals surface area contributed by atoms with Crippen LogP contribution in [-0.2, 0) is 0 Å². The fraction of sp³-hybridized carbons (Fsp3) is 0. The number of hydrogen-bond donors (Lipinski definition) is 2. The highest BCUT2D eigenvalue weighted by Crippen LogP contribution is 2.39. The molecule has 0 saturated carbocycles. The molecule has 1 aromatic carbocycles. The first-order chi connectivity index (χ1) is 8.66. The van der Waals surface area contributed by atoms with Crippen molar-refractivity contribution in [3.8, 4) is 10.4 Å². The molecule has 6 heteroatoms. The van der Waals surface area contributed by atoms with Crippen LogP contribution < -0.4 is 11.3 Å². The Balaban J connectivity index is 2.37. The number of thiophene rings is 1. The van der Waals surface area contributed by atoms with E-state index in [1.807, 2.05) is 30.3 Å². The van der Waals surface area contributed by atoms with E-state index in [4.69, 9.17) is 5.73 Å². The number of nitrogens with two attached hydrogens (primary N) is 1. The molecule has 0 spiro atoms.